The summed E-state index contributed by atoms with van der Waals surface area (Å²) in [4.78, 5) is 0. The van der Waals surface area contributed by atoms with Crippen molar-refractivity contribution >= 4 is 0 Å². The fraction of sp³-hybridized carbons (Fsp3) is 0.200. The summed E-state index contributed by atoms with van der Waals surface area (Å²) in [5.41, 5.74) is 2.49. The number of rotatable bonds is 7. The molecule has 0 spiro atoms. The SMILES string of the molecule is CCCc1ccc(C#Cc2ccc(OC(F)(F)C(F)(F)Oc3ccc(F)cc3)cc2)cc1. The second kappa shape index (κ2) is 9.73. The van der Waals surface area contributed by atoms with Crippen molar-refractivity contribution in [1.82, 2.24) is 0 Å². The molecule has 0 saturated carbocycles. The molecule has 0 aromatic heterocycles. The standard InChI is InChI=1S/C25H19F5O2/c1-2-3-18-4-6-19(7-5-18)8-9-20-10-14-22(15-11-20)31-24(27,28)25(29,30)32-23-16-12-21(26)13-17-23/h4-7,10-17H,2-3H2,1H3. The van der Waals surface area contributed by atoms with Crippen LogP contribution in [0, 0.1) is 17.7 Å². The molecule has 0 fully saturated rings. The van der Waals surface area contributed by atoms with Crippen LogP contribution in [-0.2, 0) is 6.42 Å². The van der Waals surface area contributed by atoms with Crippen molar-refractivity contribution in [2.75, 3.05) is 0 Å². The number of aryl methyl sites for hydroxylation is 1. The van der Waals surface area contributed by atoms with Gasteiger partial charge in [0.05, 0.1) is 0 Å². The summed E-state index contributed by atoms with van der Waals surface area (Å²) in [6.07, 6.45) is -7.95. The molecule has 0 atom stereocenters. The van der Waals surface area contributed by atoms with Crippen LogP contribution in [0.2, 0.25) is 0 Å². The van der Waals surface area contributed by atoms with Gasteiger partial charge in [-0.15, -0.1) is 0 Å². The minimum Gasteiger partial charge on any atom is -0.425 e. The van der Waals surface area contributed by atoms with Gasteiger partial charge in [-0.2, -0.15) is 17.6 Å². The zero-order valence-corrected chi connectivity index (χ0v) is 17.0. The minimum absolute atomic E-state index is 0.493. The Bertz CT molecular complexity index is 1080. The van der Waals surface area contributed by atoms with Crippen LogP contribution in [0.4, 0.5) is 22.0 Å². The molecule has 166 valence electrons. The van der Waals surface area contributed by atoms with E-state index in [9.17, 15) is 22.0 Å². The van der Waals surface area contributed by atoms with Gasteiger partial charge in [-0.05, 0) is 72.6 Å². The highest BCUT2D eigenvalue weighted by molar-refractivity contribution is 5.45. The van der Waals surface area contributed by atoms with E-state index >= 15 is 0 Å². The van der Waals surface area contributed by atoms with Gasteiger partial charge in [-0.25, -0.2) is 4.39 Å². The lowest BCUT2D eigenvalue weighted by atomic mass is 10.1. The van der Waals surface area contributed by atoms with Crippen LogP contribution < -0.4 is 9.47 Å². The molecule has 0 heterocycles. The molecule has 7 heteroatoms. The molecule has 0 radical (unpaired) electrons. The van der Waals surface area contributed by atoms with Crippen molar-refractivity contribution in [1.29, 1.82) is 0 Å². The highest BCUT2D eigenvalue weighted by Crippen LogP contribution is 2.38. The molecule has 3 aromatic rings. The van der Waals surface area contributed by atoms with Gasteiger partial charge in [0, 0.05) is 11.1 Å². The Morgan fingerprint density at radius 1 is 0.656 bits per heavy atom. The highest BCUT2D eigenvalue weighted by Gasteiger charge is 2.63. The second-order valence-corrected chi connectivity index (χ2v) is 6.91. The molecule has 3 rings (SSSR count). The average molecular weight is 446 g/mol. The summed E-state index contributed by atoms with van der Waals surface area (Å²) in [6.45, 7) is 2.09. The van der Waals surface area contributed by atoms with E-state index in [1.54, 1.807) is 0 Å². The third kappa shape index (κ3) is 6.01. The maximum atomic E-state index is 14.0. The number of ether oxygens (including phenoxy) is 2. The largest absolute Gasteiger partial charge is 0.507 e. The first-order chi connectivity index (χ1) is 15.2. The molecule has 0 bridgehead atoms. The van der Waals surface area contributed by atoms with Gasteiger partial charge >= 0.3 is 12.2 Å². The maximum absolute atomic E-state index is 14.0. The minimum atomic E-state index is -4.99. The van der Waals surface area contributed by atoms with Crippen molar-refractivity contribution < 1.29 is 31.4 Å². The Balaban J connectivity index is 1.65. The Morgan fingerprint density at radius 2 is 1.06 bits per heavy atom. The lowest BCUT2D eigenvalue weighted by Crippen LogP contribution is -2.49. The van der Waals surface area contributed by atoms with Gasteiger partial charge in [-0.3, -0.25) is 0 Å². The van der Waals surface area contributed by atoms with E-state index < -0.39 is 29.5 Å². The normalized spacial score (nSPS) is 11.4. The van der Waals surface area contributed by atoms with E-state index in [1.165, 1.54) is 17.7 Å². The quantitative estimate of drug-likeness (QED) is 0.293. The predicted octanol–water partition coefficient (Wildman–Crippen LogP) is 6.82. The predicted molar refractivity (Wildman–Crippen MR) is 110 cm³/mol. The maximum Gasteiger partial charge on any atom is 0.507 e. The van der Waals surface area contributed by atoms with E-state index in [4.69, 9.17) is 0 Å². The van der Waals surface area contributed by atoms with Gasteiger partial charge in [0.2, 0.25) is 0 Å². The van der Waals surface area contributed by atoms with Gasteiger partial charge in [0.1, 0.15) is 17.3 Å². The molecule has 0 aliphatic heterocycles. The molecule has 0 amide bonds. The van der Waals surface area contributed by atoms with Gasteiger partial charge in [0.25, 0.3) is 0 Å². The summed E-state index contributed by atoms with van der Waals surface area (Å²) in [6, 6.07) is 16.0. The van der Waals surface area contributed by atoms with Gasteiger partial charge in [-0.1, -0.05) is 37.3 Å². The molecular weight excluding hydrogens is 427 g/mol. The number of hydrogen-bond donors (Lipinski definition) is 0. The van der Waals surface area contributed by atoms with E-state index in [2.05, 4.69) is 28.2 Å². The van der Waals surface area contributed by atoms with Crippen LogP contribution in [0.5, 0.6) is 11.5 Å². The first-order valence-corrected chi connectivity index (χ1v) is 9.79. The summed E-state index contributed by atoms with van der Waals surface area (Å²) in [5.74, 6) is 3.97. The topological polar surface area (TPSA) is 18.5 Å². The van der Waals surface area contributed by atoms with E-state index in [1.807, 2.05) is 24.3 Å². The fourth-order valence-electron chi connectivity index (χ4n) is 2.71. The van der Waals surface area contributed by atoms with Crippen LogP contribution >= 0.6 is 0 Å². The third-order valence-electron chi connectivity index (χ3n) is 4.34. The van der Waals surface area contributed by atoms with E-state index in [-0.39, 0.29) is 0 Å². The molecule has 0 unspecified atom stereocenters. The van der Waals surface area contributed by atoms with Gasteiger partial charge in [0.15, 0.2) is 0 Å². The van der Waals surface area contributed by atoms with Crippen molar-refractivity contribution in [3.05, 3.63) is 95.3 Å². The number of halogens is 5. The first-order valence-electron chi connectivity index (χ1n) is 9.79. The molecule has 0 aliphatic carbocycles. The monoisotopic (exact) mass is 446 g/mol. The molecule has 32 heavy (non-hydrogen) atoms. The Morgan fingerprint density at radius 3 is 1.50 bits per heavy atom. The molecule has 0 saturated heterocycles. The van der Waals surface area contributed by atoms with Crippen LogP contribution in [0.1, 0.15) is 30.0 Å². The van der Waals surface area contributed by atoms with Crippen LogP contribution in [0.25, 0.3) is 0 Å². The second-order valence-electron chi connectivity index (χ2n) is 6.91. The summed E-state index contributed by atoms with van der Waals surface area (Å²) in [5, 5.41) is 0. The summed E-state index contributed by atoms with van der Waals surface area (Å²) < 4.78 is 76.9. The molecule has 0 N–H and O–H groups in total. The smallest absolute Gasteiger partial charge is 0.425 e. The average Bonchev–Trinajstić information content (AvgIpc) is 2.76. The lowest BCUT2D eigenvalue weighted by molar-refractivity contribution is -0.379. The zero-order chi connectivity index (χ0) is 23.2. The molecular formula is C25H19F5O2. The number of alkyl halides is 4. The highest BCUT2D eigenvalue weighted by atomic mass is 19.3. The number of hydrogen-bond acceptors (Lipinski definition) is 2. The van der Waals surface area contributed by atoms with Crippen LogP contribution in [0.15, 0.2) is 72.8 Å². The fourth-order valence-corrected chi connectivity index (χ4v) is 2.71. The van der Waals surface area contributed by atoms with Crippen molar-refractivity contribution in [2.24, 2.45) is 0 Å². The van der Waals surface area contributed by atoms with Crippen molar-refractivity contribution in [2.45, 2.75) is 32.0 Å². The van der Waals surface area contributed by atoms with Gasteiger partial charge < -0.3 is 9.47 Å². The Labute approximate surface area is 182 Å². The molecule has 3 aromatic carbocycles. The summed E-state index contributed by atoms with van der Waals surface area (Å²) >= 11 is 0. The zero-order valence-electron chi connectivity index (χ0n) is 17.0. The van der Waals surface area contributed by atoms with Crippen LogP contribution in [0.3, 0.4) is 0 Å². The number of benzene rings is 3. The summed E-state index contributed by atoms with van der Waals surface area (Å²) in [7, 11) is 0. The third-order valence-corrected chi connectivity index (χ3v) is 4.34. The lowest BCUT2D eigenvalue weighted by Gasteiger charge is -2.26. The Kier molecular flexibility index (Phi) is 7.04. The van der Waals surface area contributed by atoms with Crippen LogP contribution in [-0.4, -0.2) is 12.2 Å². The van der Waals surface area contributed by atoms with Crippen molar-refractivity contribution in [3.63, 3.8) is 0 Å². The van der Waals surface area contributed by atoms with E-state index in [0.29, 0.717) is 5.56 Å². The first kappa shape index (κ1) is 23.1. The van der Waals surface area contributed by atoms with E-state index in [0.717, 1.165) is 54.8 Å². The molecule has 0 aliphatic rings. The van der Waals surface area contributed by atoms with Crippen molar-refractivity contribution in [3.8, 4) is 23.3 Å². The molecule has 2 nitrogen and oxygen atoms in total. The Hall–Kier alpha value is -3.53.